The number of carbonyl (C=O) groups excluding carboxylic acids is 1. The smallest absolute Gasteiger partial charge is 0.351 e. The molecule has 0 bridgehead atoms. The number of carbonyl (C=O) groups is 1. The molecule has 7 heteroatoms. The molecular weight excluding hydrogens is 161 g/mol. The third-order valence-corrected chi connectivity index (χ3v) is 0.211. The normalized spacial score (nSPS) is 9.30. The second-order valence-corrected chi connectivity index (χ2v) is 2.61. The molecule has 0 unspecified atom stereocenters. The van der Waals surface area contributed by atoms with E-state index in [0.717, 1.165) is 6.41 Å². The molecule has 10 heavy (non-hydrogen) atoms. The van der Waals surface area contributed by atoms with Crippen molar-refractivity contribution in [1.82, 2.24) is 4.90 Å². The van der Waals surface area contributed by atoms with Gasteiger partial charge in [0, 0.05) is 14.1 Å². The molecule has 62 valence electrons. The van der Waals surface area contributed by atoms with E-state index in [4.69, 9.17) is 19.2 Å². The summed E-state index contributed by atoms with van der Waals surface area (Å²) >= 11 is 0. The largest absolute Gasteiger partial charge is 0.466 e. The molecule has 0 spiro atoms. The van der Waals surface area contributed by atoms with E-state index < -0.39 is 7.82 Å². The van der Waals surface area contributed by atoms with Crippen LogP contribution in [0.25, 0.3) is 0 Å². The lowest BCUT2D eigenvalue weighted by molar-refractivity contribution is -0.115. The van der Waals surface area contributed by atoms with Crippen LogP contribution in [0, 0.1) is 0 Å². The van der Waals surface area contributed by atoms with E-state index in [1.165, 1.54) is 4.90 Å². The summed E-state index contributed by atoms with van der Waals surface area (Å²) < 4.78 is 8.88. The van der Waals surface area contributed by atoms with Crippen LogP contribution >= 0.6 is 7.82 Å². The van der Waals surface area contributed by atoms with Gasteiger partial charge in [-0.3, -0.25) is 4.79 Å². The maximum absolute atomic E-state index is 9.43. The molecule has 0 aliphatic heterocycles. The second-order valence-electron chi connectivity index (χ2n) is 1.58. The zero-order valence-electron chi connectivity index (χ0n) is 5.63. The van der Waals surface area contributed by atoms with Gasteiger partial charge in [0.05, 0.1) is 0 Å². The maximum atomic E-state index is 9.43. The first-order chi connectivity index (χ1) is 4.27. The van der Waals surface area contributed by atoms with Gasteiger partial charge in [0.2, 0.25) is 6.41 Å². The van der Waals surface area contributed by atoms with Gasteiger partial charge >= 0.3 is 7.82 Å². The molecule has 0 heterocycles. The fourth-order valence-corrected chi connectivity index (χ4v) is 0. The van der Waals surface area contributed by atoms with Crippen LogP contribution in [0.1, 0.15) is 0 Å². The van der Waals surface area contributed by atoms with Crippen molar-refractivity contribution in [3.05, 3.63) is 0 Å². The van der Waals surface area contributed by atoms with Gasteiger partial charge in [0.25, 0.3) is 0 Å². The standard InChI is InChI=1S/C3H7NO.H3O4P/c1-4(2)3-5;1-5(2,3)4/h3H,1-2H3;(H3,1,2,3,4). The zero-order chi connectivity index (χ0) is 8.78. The first-order valence-electron chi connectivity index (χ1n) is 2.17. The molecule has 0 aliphatic rings. The predicted octanol–water partition coefficient (Wildman–Crippen LogP) is -1.22. The minimum absolute atomic E-state index is 0.750. The number of amides is 1. The Morgan fingerprint density at radius 2 is 1.40 bits per heavy atom. The van der Waals surface area contributed by atoms with Crippen LogP contribution in [-0.2, 0) is 9.36 Å². The summed E-state index contributed by atoms with van der Waals surface area (Å²) in [5.74, 6) is 0. The molecule has 0 fully saturated rings. The van der Waals surface area contributed by atoms with Crippen LogP contribution < -0.4 is 0 Å². The minimum Gasteiger partial charge on any atom is -0.351 e. The zero-order valence-corrected chi connectivity index (χ0v) is 6.52. The van der Waals surface area contributed by atoms with Gasteiger partial charge in [0.1, 0.15) is 0 Å². The lowest BCUT2D eigenvalue weighted by atomic mass is 11.0. The molecule has 0 atom stereocenters. The average Bonchev–Trinajstić information content (AvgIpc) is 1.61. The summed E-state index contributed by atoms with van der Waals surface area (Å²) in [7, 11) is -1.26. The number of rotatable bonds is 1. The SMILES string of the molecule is CN(C)C=O.O=P(O)(O)O. The maximum Gasteiger partial charge on any atom is 0.466 e. The number of phosphoric acid groups is 1. The molecule has 1 amide bonds. The molecule has 0 aromatic heterocycles. The van der Waals surface area contributed by atoms with Crippen molar-refractivity contribution in [2.24, 2.45) is 0 Å². The van der Waals surface area contributed by atoms with Crippen molar-refractivity contribution in [1.29, 1.82) is 0 Å². The Bertz CT molecular complexity index is 121. The monoisotopic (exact) mass is 171 g/mol. The van der Waals surface area contributed by atoms with E-state index in [2.05, 4.69) is 0 Å². The first kappa shape index (κ1) is 12.3. The van der Waals surface area contributed by atoms with E-state index >= 15 is 0 Å². The van der Waals surface area contributed by atoms with Crippen molar-refractivity contribution >= 4 is 14.2 Å². The molecule has 0 aliphatic carbocycles. The number of hydrogen-bond donors (Lipinski definition) is 3. The second kappa shape index (κ2) is 5.37. The summed E-state index contributed by atoms with van der Waals surface area (Å²) in [5, 5.41) is 0. The topological polar surface area (TPSA) is 98.1 Å². The van der Waals surface area contributed by atoms with Crippen molar-refractivity contribution in [2.75, 3.05) is 14.1 Å². The molecule has 0 saturated carbocycles. The molecule has 0 rings (SSSR count). The predicted molar refractivity (Wildman–Crippen MR) is 34.0 cm³/mol. The fraction of sp³-hybridized carbons (Fsp3) is 0.667. The summed E-state index contributed by atoms with van der Waals surface area (Å²) in [6.45, 7) is 0. The van der Waals surface area contributed by atoms with Gasteiger partial charge in [-0.15, -0.1) is 0 Å². The molecule has 0 saturated heterocycles. The Morgan fingerprint density at radius 3 is 1.40 bits per heavy atom. The lowest BCUT2D eigenvalue weighted by Gasteiger charge is -1.93. The lowest BCUT2D eigenvalue weighted by Crippen LogP contribution is -2.06. The Balaban J connectivity index is 0. The van der Waals surface area contributed by atoms with E-state index in [0.29, 0.717) is 0 Å². The van der Waals surface area contributed by atoms with Crippen LogP contribution in [0.15, 0.2) is 0 Å². The highest BCUT2D eigenvalue weighted by atomic mass is 31.2. The summed E-state index contributed by atoms with van der Waals surface area (Å²) in [6.07, 6.45) is 0.750. The van der Waals surface area contributed by atoms with Gasteiger partial charge in [0.15, 0.2) is 0 Å². The van der Waals surface area contributed by atoms with Crippen LogP contribution in [0.3, 0.4) is 0 Å². The van der Waals surface area contributed by atoms with Crippen molar-refractivity contribution in [3.8, 4) is 0 Å². The highest BCUT2D eigenvalue weighted by Gasteiger charge is 2.00. The Kier molecular flexibility index (Phi) is 6.59. The Labute approximate surface area is 58.3 Å². The van der Waals surface area contributed by atoms with Gasteiger partial charge in [-0.05, 0) is 0 Å². The minimum atomic E-state index is -4.64. The van der Waals surface area contributed by atoms with Crippen molar-refractivity contribution < 1.29 is 24.0 Å². The molecule has 6 nitrogen and oxygen atoms in total. The fourth-order valence-electron chi connectivity index (χ4n) is 0. The summed E-state index contributed by atoms with van der Waals surface area (Å²) in [6, 6.07) is 0. The van der Waals surface area contributed by atoms with E-state index in [1.807, 2.05) is 0 Å². The quantitative estimate of drug-likeness (QED) is 0.339. The van der Waals surface area contributed by atoms with Crippen LogP contribution in [0.4, 0.5) is 0 Å². The summed E-state index contributed by atoms with van der Waals surface area (Å²) in [5.41, 5.74) is 0. The van der Waals surface area contributed by atoms with Gasteiger partial charge in [-0.2, -0.15) is 0 Å². The third-order valence-electron chi connectivity index (χ3n) is 0.211. The first-order valence-corrected chi connectivity index (χ1v) is 3.74. The number of hydrogen-bond acceptors (Lipinski definition) is 2. The molecule has 0 aromatic rings. The average molecular weight is 171 g/mol. The molecular formula is C3H10NO5P. The van der Waals surface area contributed by atoms with Crippen molar-refractivity contribution in [2.45, 2.75) is 0 Å². The van der Waals surface area contributed by atoms with Crippen LogP contribution in [-0.4, -0.2) is 40.1 Å². The molecule has 0 aromatic carbocycles. The van der Waals surface area contributed by atoms with E-state index in [1.54, 1.807) is 14.1 Å². The Hall–Kier alpha value is -0.420. The summed E-state index contributed by atoms with van der Waals surface area (Å²) in [4.78, 5) is 32.4. The van der Waals surface area contributed by atoms with Gasteiger partial charge < -0.3 is 19.6 Å². The van der Waals surface area contributed by atoms with Crippen LogP contribution in [0.5, 0.6) is 0 Å². The molecule has 0 radical (unpaired) electrons. The third kappa shape index (κ3) is 131. The van der Waals surface area contributed by atoms with E-state index in [-0.39, 0.29) is 0 Å². The Morgan fingerprint density at radius 1 is 1.30 bits per heavy atom. The highest BCUT2D eigenvalue weighted by molar-refractivity contribution is 7.45. The van der Waals surface area contributed by atoms with Crippen molar-refractivity contribution in [3.63, 3.8) is 0 Å². The van der Waals surface area contributed by atoms with Crippen LogP contribution in [0.2, 0.25) is 0 Å². The highest BCUT2D eigenvalue weighted by Crippen LogP contribution is 2.25. The van der Waals surface area contributed by atoms with Gasteiger partial charge in [-0.1, -0.05) is 0 Å². The van der Waals surface area contributed by atoms with E-state index in [9.17, 15) is 4.79 Å². The van der Waals surface area contributed by atoms with Gasteiger partial charge in [-0.25, -0.2) is 4.57 Å². The molecule has 3 N–H and O–H groups in total. The number of nitrogens with zero attached hydrogens (tertiary/aromatic N) is 1.